The van der Waals surface area contributed by atoms with Gasteiger partial charge < -0.3 is 10.4 Å². The zero-order valence-corrected chi connectivity index (χ0v) is 11.1. The largest absolute Gasteiger partial charge is 0.394 e. The zero-order chi connectivity index (χ0) is 13.5. The average Bonchev–Trinajstić information content (AvgIpc) is 2.27. The minimum absolute atomic E-state index is 0.0627. The lowest BCUT2D eigenvalue weighted by atomic mass is 10.0. The normalized spacial score (nSPS) is 12.3. The minimum Gasteiger partial charge on any atom is -0.394 e. The van der Waals surface area contributed by atoms with Gasteiger partial charge in [0, 0.05) is 5.69 Å². The predicted octanol–water partition coefficient (Wildman–Crippen LogP) is 1.92. The Kier molecular flexibility index (Phi) is 5.58. The van der Waals surface area contributed by atoms with Crippen LogP contribution in [0.15, 0.2) is 18.2 Å². The lowest BCUT2D eigenvalue weighted by Crippen LogP contribution is -2.41. The van der Waals surface area contributed by atoms with E-state index in [0.29, 0.717) is 11.7 Å². The van der Waals surface area contributed by atoms with Crippen molar-refractivity contribution in [3.63, 3.8) is 0 Å². The molecule has 0 spiro atoms. The number of carbonyl (C=O) groups excluding carboxylic acids is 1. The quantitative estimate of drug-likeness (QED) is 0.748. The first-order valence-corrected chi connectivity index (χ1v) is 6.13. The number of hydrogen-bond donors (Lipinski definition) is 3. The molecule has 0 saturated carbocycles. The maximum atomic E-state index is 11.7. The van der Waals surface area contributed by atoms with Crippen LogP contribution >= 0.6 is 0 Å². The van der Waals surface area contributed by atoms with E-state index in [0.717, 1.165) is 12.1 Å². The summed E-state index contributed by atoms with van der Waals surface area (Å²) < 4.78 is 0. The summed E-state index contributed by atoms with van der Waals surface area (Å²) in [6.45, 7) is 5.89. The van der Waals surface area contributed by atoms with E-state index in [1.165, 1.54) is 0 Å². The van der Waals surface area contributed by atoms with Crippen molar-refractivity contribution in [1.82, 2.24) is 10.3 Å². The van der Waals surface area contributed by atoms with Gasteiger partial charge >= 0.3 is 6.03 Å². The number of urea groups is 1. The smallest absolute Gasteiger partial charge is 0.320 e. The van der Waals surface area contributed by atoms with E-state index in [4.69, 9.17) is 0 Å². The molecule has 100 valence electrons. The summed E-state index contributed by atoms with van der Waals surface area (Å²) in [5, 5.41) is 14.6. The van der Waals surface area contributed by atoms with Gasteiger partial charge in [0.1, 0.15) is 5.82 Å². The first-order chi connectivity index (χ1) is 8.51. The number of anilines is 1. The number of pyridine rings is 1. The summed E-state index contributed by atoms with van der Waals surface area (Å²) in [4.78, 5) is 15.9. The van der Waals surface area contributed by atoms with E-state index in [2.05, 4.69) is 15.6 Å². The molecule has 0 saturated heterocycles. The van der Waals surface area contributed by atoms with Crippen molar-refractivity contribution in [3.05, 3.63) is 23.9 Å². The molecular weight excluding hydrogens is 230 g/mol. The van der Waals surface area contributed by atoms with Gasteiger partial charge in [0.15, 0.2) is 0 Å². The molecule has 0 bridgehead atoms. The van der Waals surface area contributed by atoms with E-state index >= 15 is 0 Å². The molecule has 5 nitrogen and oxygen atoms in total. The Labute approximate surface area is 108 Å². The highest BCUT2D eigenvalue weighted by Crippen LogP contribution is 2.06. The maximum Gasteiger partial charge on any atom is 0.320 e. The molecule has 0 aliphatic rings. The van der Waals surface area contributed by atoms with Crippen LogP contribution in [0.1, 0.15) is 26.0 Å². The molecule has 1 aromatic rings. The molecule has 0 aromatic carbocycles. The van der Waals surface area contributed by atoms with Crippen LogP contribution in [0.4, 0.5) is 10.6 Å². The first kappa shape index (κ1) is 14.4. The Morgan fingerprint density at radius 3 is 2.72 bits per heavy atom. The topological polar surface area (TPSA) is 74.2 Å². The SMILES string of the molecule is Cc1cccc(NC(=O)NC(CO)CC(C)C)n1. The number of aliphatic hydroxyl groups excluding tert-OH is 1. The van der Waals surface area contributed by atoms with Crippen molar-refractivity contribution in [2.75, 3.05) is 11.9 Å². The van der Waals surface area contributed by atoms with Gasteiger partial charge in [-0.15, -0.1) is 0 Å². The molecule has 0 aliphatic carbocycles. The van der Waals surface area contributed by atoms with Crippen molar-refractivity contribution in [3.8, 4) is 0 Å². The summed E-state index contributed by atoms with van der Waals surface area (Å²) in [5.41, 5.74) is 0.841. The Bertz CT molecular complexity index is 394. The fourth-order valence-corrected chi connectivity index (χ4v) is 1.70. The third-order valence-corrected chi connectivity index (χ3v) is 2.44. The molecule has 18 heavy (non-hydrogen) atoms. The molecule has 2 amide bonds. The van der Waals surface area contributed by atoms with E-state index in [-0.39, 0.29) is 18.7 Å². The van der Waals surface area contributed by atoms with Crippen LogP contribution in [-0.4, -0.2) is 28.8 Å². The fraction of sp³-hybridized carbons (Fsp3) is 0.538. The molecule has 0 aliphatic heterocycles. The summed E-state index contributed by atoms with van der Waals surface area (Å²) in [7, 11) is 0. The van der Waals surface area contributed by atoms with Gasteiger partial charge in [0.2, 0.25) is 0 Å². The Morgan fingerprint density at radius 1 is 1.44 bits per heavy atom. The molecule has 1 atom stereocenters. The lowest BCUT2D eigenvalue weighted by molar-refractivity contribution is 0.214. The number of nitrogens with zero attached hydrogens (tertiary/aromatic N) is 1. The number of nitrogens with one attached hydrogen (secondary N) is 2. The molecule has 1 rings (SSSR count). The van der Waals surface area contributed by atoms with Gasteiger partial charge in [-0.1, -0.05) is 19.9 Å². The standard InChI is InChI=1S/C13H21N3O2/c1-9(2)7-11(8-17)15-13(18)16-12-6-4-5-10(3)14-12/h4-6,9,11,17H,7-8H2,1-3H3,(H2,14,15,16,18). The number of aliphatic hydroxyl groups is 1. The predicted molar refractivity (Wildman–Crippen MR) is 71.5 cm³/mol. The number of aromatic nitrogens is 1. The van der Waals surface area contributed by atoms with E-state index in [1.807, 2.05) is 32.9 Å². The number of aryl methyl sites for hydroxylation is 1. The van der Waals surface area contributed by atoms with Gasteiger partial charge in [-0.05, 0) is 31.4 Å². The highest BCUT2D eigenvalue weighted by molar-refractivity contribution is 5.88. The van der Waals surface area contributed by atoms with E-state index in [1.54, 1.807) is 6.07 Å². The molecular formula is C13H21N3O2. The lowest BCUT2D eigenvalue weighted by Gasteiger charge is -2.18. The third-order valence-electron chi connectivity index (χ3n) is 2.44. The van der Waals surface area contributed by atoms with E-state index < -0.39 is 0 Å². The van der Waals surface area contributed by atoms with Crippen LogP contribution in [0.3, 0.4) is 0 Å². The second-order valence-electron chi connectivity index (χ2n) is 4.77. The number of carbonyl (C=O) groups is 1. The van der Waals surface area contributed by atoms with Crippen LogP contribution in [0, 0.1) is 12.8 Å². The second kappa shape index (κ2) is 6.96. The van der Waals surface area contributed by atoms with Crippen LogP contribution < -0.4 is 10.6 Å². The molecule has 0 fully saturated rings. The molecule has 3 N–H and O–H groups in total. The maximum absolute atomic E-state index is 11.7. The molecule has 5 heteroatoms. The van der Waals surface area contributed by atoms with Crippen LogP contribution in [0.5, 0.6) is 0 Å². The molecule has 1 heterocycles. The average molecular weight is 251 g/mol. The zero-order valence-electron chi connectivity index (χ0n) is 11.1. The number of rotatable bonds is 5. The van der Waals surface area contributed by atoms with Gasteiger partial charge in [-0.2, -0.15) is 0 Å². The van der Waals surface area contributed by atoms with E-state index in [9.17, 15) is 9.90 Å². The minimum atomic E-state index is -0.340. The highest BCUT2D eigenvalue weighted by atomic mass is 16.3. The van der Waals surface area contributed by atoms with Gasteiger partial charge in [-0.25, -0.2) is 9.78 Å². The Hall–Kier alpha value is -1.62. The Morgan fingerprint density at radius 2 is 2.17 bits per heavy atom. The molecule has 1 aromatic heterocycles. The van der Waals surface area contributed by atoms with Crippen molar-refractivity contribution >= 4 is 11.8 Å². The van der Waals surface area contributed by atoms with Crippen molar-refractivity contribution in [1.29, 1.82) is 0 Å². The van der Waals surface area contributed by atoms with Crippen LogP contribution in [0.2, 0.25) is 0 Å². The summed E-state index contributed by atoms with van der Waals surface area (Å²) in [6.07, 6.45) is 0.741. The van der Waals surface area contributed by atoms with Gasteiger partial charge in [0.25, 0.3) is 0 Å². The number of hydrogen-bond acceptors (Lipinski definition) is 3. The van der Waals surface area contributed by atoms with Gasteiger partial charge in [-0.3, -0.25) is 5.32 Å². The van der Waals surface area contributed by atoms with Gasteiger partial charge in [0.05, 0.1) is 12.6 Å². The summed E-state index contributed by atoms with van der Waals surface area (Å²) >= 11 is 0. The monoisotopic (exact) mass is 251 g/mol. The fourth-order valence-electron chi connectivity index (χ4n) is 1.70. The molecule has 0 radical (unpaired) electrons. The third kappa shape index (κ3) is 5.14. The Balaban J connectivity index is 2.50. The van der Waals surface area contributed by atoms with Crippen LogP contribution in [-0.2, 0) is 0 Å². The van der Waals surface area contributed by atoms with Crippen molar-refractivity contribution < 1.29 is 9.90 Å². The summed E-state index contributed by atoms with van der Waals surface area (Å²) in [6, 6.07) is 4.85. The van der Waals surface area contributed by atoms with Crippen molar-refractivity contribution in [2.45, 2.75) is 33.2 Å². The molecule has 1 unspecified atom stereocenters. The number of amides is 2. The highest BCUT2D eigenvalue weighted by Gasteiger charge is 2.13. The van der Waals surface area contributed by atoms with Crippen LogP contribution in [0.25, 0.3) is 0 Å². The summed E-state index contributed by atoms with van der Waals surface area (Å²) in [5.74, 6) is 0.924. The first-order valence-electron chi connectivity index (χ1n) is 6.13. The second-order valence-corrected chi connectivity index (χ2v) is 4.77. The van der Waals surface area contributed by atoms with Crippen molar-refractivity contribution in [2.24, 2.45) is 5.92 Å².